The number of rotatable bonds is 5. The molecule has 1 amide bonds. The maximum absolute atomic E-state index is 12.1. The highest BCUT2D eigenvalue weighted by Gasteiger charge is 2.11. The Kier molecular flexibility index (Phi) is 4.85. The lowest BCUT2D eigenvalue weighted by atomic mass is 10.2. The number of para-hydroxylation sites is 2. The number of aromatic nitrogens is 2. The van der Waals surface area contributed by atoms with Gasteiger partial charge in [0, 0.05) is 17.6 Å². The predicted molar refractivity (Wildman–Crippen MR) is 97.2 cm³/mol. The molecule has 0 unspecified atom stereocenters. The number of hydrogen-bond donors (Lipinski definition) is 2. The number of benzene rings is 2. The van der Waals surface area contributed by atoms with Crippen LogP contribution in [0.15, 0.2) is 46.9 Å². The number of halogens is 1. The molecular weight excluding hydrogens is 370 g/mol. The van der Waals surface area contributed by atoms with Gasteiger partial charge in [0.25, 0.3) is 5.91 Å². The Balaban J connectivity index is 1.60. The van der Waals surface area contributed by atoms with E-state index in [0.717, 1.165) is 34.3 Å². The molecule has 0 spiro atoms. The standard InChI is InChI=1S/C18H18BrN3O2/c1-12-21-15-5-2-3-6-16(15)22(12)10-4-9-20-18(24)14-11-13(19)7-8-17(14)23/h2-3,5-8,11,23H,4,9-10H2,1H3,(H,20,24). The van der Waals surface area contributed by atoms with Gasteiger partial charge >= 0.3 is 0 Å². The van der Waals surface area contributed by atoms with Gasteiger partial charge in [-0.3, -0.25) is 4.79 Å². The van der Waals surface area contributed by atoms with Crippen LogP contribution < -0.4 is 5.32 Å². The Morgan fingerprint density at radius 2 is 2.08 bits per heavy atom. The minimum absolute atomic E-state index is 0.0212. The first-order valence-corrected chi connectivity index (χ1v) is 8.54. The molecule has 0 aliphatic carbocycles. The highest BCUT2D eigenvalue weighted by molar-refractivity contribution is 9.10. The summed E-state index contributed by atoms with van der Waals surface area (Å²) in [4.78, 5) is 16.7. The van der Waals surface area contributed by atoms with Gasteiger partial charge in [-0.05, 0) is 43.7 Å². The molecule has 0 fully saturated rings. The van der Waals surface area contributed by atoms with Crippen molar-refractivity contribution >= 4 is 32.9 Å². The van der Waals surface area contributed by atoms with E-state index < -0.39 is 0 Å². The van der Waals surface area contributed by atoms with Crippen molar-refractivity contribution in [2.75, 3.05) is 6.54 Å². The third-order valence-corrected chi connectivity index (χ3v) is 4.39. The lowest BCUT2D eigenvalue weighted by Crippen LogP contribution is -2.25. The number of imidazole rings is 1. The van der Waals surface area contributed by atoms with Crippen molar-refractivity contribution in [2.24, 2.45) is 0 Å². The molecular formula is C18H18BrN3O2. The van der Waals surface area contributed by atoms with Crippen LogP contribution in [0.25, 0.3) is 11.0 Å². The normalized spacial score (nSPS) is 10.9. The molecule has 124 valence electrons. The van der Waals surface area contributed by atoms with Gasteiger partial charge in [-0.2, -0.15) is 0 Å². The summed E-state index contributed by atoms with van der Waals surface area (Å²) in [5, 5.41) is 12.6. The molecule has 2 N–H and O–H groups in total. The van der Waals surface area contributed by atoms with E-state index in [0.29, 0.717) is 6.54 Å². The summed E-state index contributed by atoms with van der Waals surface area (Å²) in [6.45, 7) is 3.28. The fraction of sp³-hybridized carbons (Fsp3) is 0.222. The number of fused-ring (bicyclic) bond motifs is 1. The van der Waals surface area contributed by atoms with Crippen LogP contribution >= 0.6 is 15.9 Å². The number of phenols is 1. The van der Waals surface area contributed by atoms with Crippen molar-refractivity contribution in [3.05, 3.63) is 58.3 Å². The van der Waals surface area contributed by atoms with Crippen LogP contribution in [0, 0.1) is 6.92 Å². The van der Waals surface area contributed by atoms with Gasteiger partial charge in [0.2, 0.25) is 0 Å². The summed E-state index contributed by atoms with van der Waals surface area (Å²) in [7, 11) is 0. The van der Waals surface area contributed by atoms with Crippen LogP contribution in [0.5, 0.6) is 5.75 Å². The Hall–Kier alpha value is -2.34. The summed E-state index contributed by atoms with van der Waals surface area (Å²) < 4.78 is 2.91. The summed E-state index contributed by atoms with van der Waals surface area (Å²) in [5.41, 5.74) is 2.36. The quantitative estimate of drug-likeness (QED) is 0.656. The van der Waals surface area contributed by atoms with E-state index in [1.165, 1.54) is 6.07 Å². The average Bonchev–Trinajstić information content (AvgIpc) is 2.89. The number of hydrogen-bond acceptors (Lipinski definition) is 3. The number of nitrogens with one attached hydrogen (secondary N) is 1. The van der Waals surface area contributed by atoms with Gasteiger partial charge in [-0.25, -0.2) is 4.98 Å². The molecule has 0 saturated heterocycles. The molecule has 0 radical (unpaired) electrons. The SMILES string of the molecule is Cc1nc2ccccc2n1CCCNC(=O)c1cc(Br)ccc1O. The first-order chi connectivity index (χ1) is 11.6. The van der Waals surface area contributed by atoms with E-state index in [2.05, 4.69) is 30.8 Å². The van der Waals surface area contributed by atoms with E-state index in [-0.39, 0.29) is 17.2 Å². The predicted octanol–water partition coefficient (Wildman–Crippen LogP) is 3.63. The number of aromatic hydroxyl groups is 1. The highest BCUT2D eigenvalue weighted by Crippen LogP contribution is 2.21. The Bertz CT molecular complexity index is 889. The molecule has 3 aromatic rings. The zero-order valence-electron chi connectivity index (χ0n) is 13.3. The van der Waals surface area contributed by atoms with Crippen LogP contribution in [-0.4, -0.2) is 27.1 Å². The van der Waals surface area contributed by atoms with Crippen LogP contribution in [-0.2, 0) is 6.54 Å². The molecule has 5 nitrogen and oxygen atoms in total. The molecule has 1 heterocycles. The zero-order valence-corrected chi connectivity index (χ0v) is 14.9. The molecule has 0 atom stereocenters. The maximum Gasteiger partial charge on any atom is 0.255 e. The Morgan fingerprint density at radius 1 is 1.29 bits per heavy atom. The van der Waals surface area contributed by atoms with E-state index in [1.807, 2.05) is 31.2 Å². The maximum atomic E-state index is 12.1. The Labute approximate surface area is 148 Å². The summed E-state index contributed by atoms with van der Waals surface area (Å²) >= 11 is 3.30. The molecule has 0 bridgehead atoms. The van der Waals surface area contributed by atoms with Gasteiger partial charge in [-0.15, -0.1) is 0 Å². The van der Waals surface area contributed by atoms with Crippen LogP contribution in [0.1, 0.15) is 22.6 Å². The van der Waals surface area contributed by atoms with E-state index in [1.54, 1.807) is 12.1 Å². The van der Waals surface area contributed by atoms with Crippen molar-refractivity contribution in [3.63, 3.8) is 0 Å². The molecule has 0 saturated carbocycles. The fourth-order valence-electron chi connectivity index (χ4n) is 2.70. The number of nitrogens with zero attached hydrogens (tertiary/aromatic N) is 2. The van der Waals surface area contributed by atoms with Gasteiger partial charge in [0.1, 0.15) is 11.6 Å². The number of carbonyl (C=O) groups is 1. The number of phenolic OH excluding ortho intramolecular Hbond substituents is 1. The third-order valence-electron chi connectivity index (χ3n) is 3.89. The van der Waals surface area contributed by atoms with Crippen molar-refractivity contribution in [3.8, 4) is 5.75 Å². The average molecular weight is 388 g/mol. The lowest BCUT2D eigenvalue weighted by molar-refractivity contribution is 0.0950. The summed E-state index contributed by atoms with van der Waals surface area (Å²) in [5.74, 6) is 0.667. The van der Waals surface area contributed by atoms with Crippen molar-refractivity contribution in [1.82, 2.24) is 14.9 Å². The molecule has 6 heteroatoms. The third kappa shape index (κ3) is 3.43. The highest BCUT2D eigenvalue weighted by atomic mass is 79.9. The minimum Gasteiger partial charge on any atom is -0.507 e. The molecule has 24 heavy (non-hydrogen) atoms. The molecule has 1 aromatic heterocycles. The van der Waals surface area contributed by atoms with Crippen LogP contribution in [0.3, 0.4) is 0 Å². The van der Waals surface area contributed by atoms with Gasteiger partial charge in [-0.1, -0.05) is 28.1 Å². The van der Waals surface area contributed by atoms with Gasteiger partial charge in [0.15, 0.2) is 0 Å². The van der Waals surface area contributed by atoms with Crippen molar-refractivity contribution < 1.29 is 9.90 Å². The largest absolute Gasteiger partial charge is 0.507 e. The Morgan fingerprint density at radius 3 is 2.92 bits per heavy atom. The minimum atomic E-state index is -0.277. The fourth-order valence-corrected chi connectivity index (χ4v) is 3.06. The second-order valence-electron chi connectivity index (χ2n) is 5.57. The molecule has 3 rings (SSSR count). The molecule has 0 aliphatic heterocycles. The van der Waals surface area contributed by atoms with Crippen molar-refractivity contribution in [2.45, 2.75) is 19.9 Å². The summed E-state index contributed by atoms with van der Waals surface area (Å²) in [6.07, 6.45) is 0.779. The second-order valence-corrected chi connectivity index (χ2v) is 6.49. The van der Waals surface area contributed by atoms with Crippen LogP contribution in [0.4, 0.5) is 0 Å². The lowest BCUT2D eigenvalue weighted by Gasteiger charge is -2.09. The monoisotopic (exact) mass is 387 g/mol. The van der Waals surface area contributed by atoms with E-state index in [4.69, 9.17) is 0 Å². The topological polar surface area (TPSA) is 67.2 Å². The first kappa shape index (κ1) is 16.5. The van der Waals surface area contributed by atoms with Gasteiger partial charge < -0.3 is 15.0 Å². The second kappa shape index (κ2) is 7.05. The van der Waals surface area contributed by atoms with Crippen LogP contribution in [0.2, 0.25) is 0 Å². The number of carbonyl (C=O) groups excluding carboxylic acids is 1. The zero-order chi connectivity index (χ0) is 17.1. The van der Waals surface area contributed by atoms with Gasteiger partial charge in [0.05, 0.1) is 16.6 Å². The smallest absolute Gasteiger partial charge is 0.255 e. The number of amides is 1. The first-order valence-electron chi connectivity index (χ1n) is 7.75. The molecule has 0 aliphatic rings. The van der Waals surface area contributed by atoms with E-state index in [9.17, 15) is 9.90 Å². The van der Waals surface area contributed by atoms with E-state index >= 15 is 0 Å². The van der Waals surface area contributed by atoms with Crippen molar-refractivity contribution in [1.29, 1.82) is 0 Å². The molecule has 2 aromatic carbocycles. The number of aryl methyl sites for hydroxylation is 2. The summed E-state index contributed by atoms with van der Waals surface area (Å²) in [6, 6.07) is 12.8.